The van der Waals surface area contributed by atoms with Gasteiger partial charge < -0.3 is 4.90 Å². The van der Waals surface area contributed by atoms with E-state index in [-0.39, 0.29) is 0 Å². The van der Waals surface area contributed by atoms with Gasteiger partial charge in [-0.1, -0.05) is 39.0 Å². The maximum absolute atomic E-state index is 2.46. The first kappa shape index (κ1) is 14.6. The minimum Gasteiger partial charge on any atom is -0.309 e. The molecule has 19 heavy (non-hydrogen) atoms. The van der Waals surface area contributed by atoms with Crippen LogP contribution in [0.2, 0.25) is 0 Å². The highest BCUT2D eigenvalue weighted by atomic mass is 15.0. The molecule has 0 aliphatic heterocycles. The van der Waals surface area contributed by atoms with Gasteiger partial charge in [-0.25, -0.2) is 0 Å². The molecule has 1 aromatic carbocycles. The first-order valence-electron chi connectivity index (χ1n) is 7.61. The fourth-order valence-electron chi connectivity index (χ4n) is 3.06. The summed E-state index contributed by atoms with van der Waals surface area (Å²) in [7, 11) is 4.29. The number of fused-ring (bicyclic) bond motifs is 1. The molecule has 0 bridgehead atoms. The number of benzene rings is 1. The molecule has 0 heterocycles. The van der Waals surface area contributed by atoms with Crippen molar-refractivity contribution in [1.29, 1.82) is 0 Å². The molecule has 0 N–H and O–H groups in total. The third-order valence-corrected chi connectivity index (χ3v) is 4.57. The molecule has 0 amide bonds. The number of aryl methyl sites for hydroxylation is 1. The number of likely N-dealkylation sites (N-methyl/N-ethyl adjacent to an activating group) is 1. The van der Waals surface area contributed by atoms with E-state index in [9.17, 15) is 0 Å². The maximum Gasteiger partial charge on any atom is 0.00157 e. The summed E-state index contributed by atoms with van der Waals surface area (Å²) < 4.78 is 0. The zero-order valence-electron chi connectivity index (χ0n) is 13.3. The second-order valence-electron chi connectivity index (χ2n) is 7.46. The number of nitrogens with zero attached hydrogens (tertiary/aromatic N) is 1. The van der Waals surface area contributed by atoms with E-state index in [0.29, 0.717) is 5.41 Å². The van der Waals surface area contributed by atoms with Crippen LogP contribution in [0.5, 0.6) is 0 Å². The molecule has 0 radical (unpaired) electrons. The molecule has 1 aliphatic rings. The fraction of sp³-hybridized carbons (Fsp3) is 0.667. The highest BCUT2D eigenvalue weighted by Crippen LogP contribution is 2.37. The van der Waals surface area contributed by atoms with E-state index < -0.39 is 0 Å². The summed E-state index contributed by atoms with van der Waals surface area (Å²) in [5.41, 5.74) is 5.15. The van der Waals surface area contributed by atoms with E-state index in [2.05, 4.69) is 58.0 Å². The van der Waals surface area contributed by atoms with Crippen molar-refractivity contribution in [2.24, 2.45) is 11.3 Å². The highest BCUT2D eigenvalue weighted by Gasteiger charge is 2.28. The Labute approximate surface area is 119 Å². The summed E-state index contributed by atoms with van der Waals surface area (Å²) >= 11 is 0. The third kappa shape index (κ3) is 3.82. The predicted molar refractivity (Wildman–Crippen MR) is 83.7 cm³/mol. The molecule has 1 unspecified atom stereocenters. The van der Waals surface area contributed by atoms with Crippen LogP contribution in [0.1, 0.15) is 43.9 Å². The van der Waals surface area contributed by atoms with Crippen molar-refractivity contribution in [3.05, 3.63) is 34.9 Å². The van der Waals surface area contributed by atoms with E-state index in [4.69, 9.17) is 0 Å². The van der Waals surface area contributed by atoms with Crippen LogP contribution in [0, 0.1) is 11.3 Å². The normalized spacial score (nSPS) is 19.6. The summed E-state index contributed by atoms with van der Waals surface area (Å²) in [5, 5.41) is 0. The smallest absolute Gasteiger partial charge is 0.00157 e. The van der Waals surface area contributed by atoms with Crippen molar-refractivity contribution in [1.82, 2.24) is 4.90 Å². The van der Waals surface area contributed by atoms with Crippen molar-refractivity contribution in [2.45, 2.75) is 46.5 Å². The Morgan fingerprint density at radius 1 is 1.16 bits per heavy atom. The molecule has 0 fully saturated rings. The molecule has 1 aromatic rings. The third-order valence-electron chi connectivity index (χ3n) is 4.57. The van der Waals surface area contributed by atoms with Gasteiger partial charge in [0, 0.05) is 6.54 Å². The van der Waals surface area contributed by atoms with E-state index in [1.807, 2.05) is 0 Å². The lowest BCUT2D eigenvalue weighted by Crippen LogP contribution is -2.27. The average Bonchev–Trinajstić information content (AvgIpc) is 2.34. The predicted octanol–water partition coefficient (Wildman–Crippen LogP) is 3.94. The van der Waals surface area contributed by atoms with Crippen LogP contribution in [0.15, 0.2) is 18.2 Å². The largest absolute Gasteiger partial charge is 0.309 e. The van der Waals surface area contributed by atoms with Gasteiger partial charge >= 0.3 is 0 Å². The summed E-state index contributed by atoms with van der Waals surface area (Å²) in [4.78, 5) is 2.26. The van der Waals surface area contributed by atoms with E-state index >= 15 is 0 Å². The van der Waals surface area contributed by atoms with Crippen molar-refractivity contribution >= 4 is 0 Å². The molecule has 1 atom stereocenters. The number of hydrogen-bond acceptors (Lipinski definition) is 1. The fourth-order valence-corrected chi connectivity index (χ4v) is 3.06. The topological polar surface area (TPSA) is 3.24 Å². The van der Waals surface area contributed by atoms with Crippen molar-refractivity contribution < 1.29 is 0 Å². The molecule has 0 aromatic heterocycles. The zero-order chi connectivity index (χ0) is 14.0. The van der Waals surface area contributed by atoms with Crippen molar-refractivity contribution in [3.8, 4) is 0 Å². The van der Waals surface area contributed by atoms with E-state index in [1.165, 1.54) is 31.2 Å². The van der Waals surface area contributed by atoms with Gasteiger partial charge in [0.2, 0.25) is 0 Å². The minimum absolute atomic E-state index is 0.446. The van der Waals surface area contributed by atoms with E-state index in [0.717, 1.165) is 12.5 Å². The molecule has 1 nitrogen and oxygen atoms in total. The number of rotatable bonds is 3. The number of hydrogen-bond donors (Lipinski definition) is 0. The van der Waals surface area contributed by atoms with Gasteiger partial charge in [0.1, 0.15) is 0 Å². The Hall–Kier alpha value is -0.820. The first-order chi connectivity index (χ1) is 8.86. The van der Waals surface area contributed by atoms with Crippen LogP contribution in [0.25, 0.3) is 0 Å². The second-order valence-corrected chi connectivity index (χ2v) is 7.46. The molecule has 0 saturated heterocycles. The molecule has 2 rings (SSSR count). The summed E-state index contributed by atoms with van der Waals surface area (Å²) in [5.74, 6) is 0.840. The van der Waals surface area contributed by atoms with E-state index in [1.54, 1.807) is 11.1 Å². The van der Waals surface area contributed by atoms with Crippen LogP contribution in [-0.2, 0) is 19.3 Å². The van der Waals surface area contributed by atoms with Gasteiger partial charge in [-0.15, -0.1) is 0 Å². The Bertz CT molecular complexity index is 426. The van der Waals surface area contributed by atoms with Crippen LogP contribution in [0.3, 0.4) is 0 Å². The maximum atomic E-state index is 2.46. The van der Waals surface area contributed by atoms with Crippen LogP contribution >= 0.6 is 0 Å². The van der Waals surface area contributed by atoms with Gasteiger partial charge in [-0.3, -0.25) is 0 Å². The first-order valence-corrected chi connectivity index (χ1v) is 7.61. The monoisotopic (exact) mass is 259 g/mol. The molecule has 0 saturated carbocycles. The molecule has 1 aliphatic carbocycles. The molecule has 1 heteroatoms. The van der Waals surface area contributed by atoms with Gasteiger partial charge in [-0.05, 0) is 67.8 Å². The highest BCUT2D eigenvalue weighted by molar-refractivity contribution is 5.34. The van der Waals surface area contributed by atoms with Crippen molar-refractivity contribution in [2.75, 3.05) is 20.6 Å². The van der Waals surface area contributed by atoms with Gasteiger partial charge in [0.05, 0.1) is 0 Å². The lowest BCUT2D eigenvalue weighted by molar-refractivity contribution is 0.216. The van der Waals surface area contributed by atoms with Gasteiger partial charge in [0.15, 0.2) is 0 Å². The van der Waals surface area contributed by atoms with Gasteiger partial charge in [0.25, 0.3) is 0 Å². The van der Waals surface area contributed by atoms with Crippen LogP contribution in [-0.4, -0.2) is 25.5 Å². The molecule has 0 spiro atoms. The summed E-state index contributed by atoms with van der Waals surface area (Å²) in [6, 6.07) is 7.18. The Kier molecular flexibility index (Phi) is 4.35. The zero-order valence-corrected chi connectivity index (χ0v) is 13.3. The average molecular weight is 259 g/mol. The summed E-state index contributed by atoms with van der Waals surface area (Å²) in [6.45, 7) is 8.29. The van der Waals surface area contributed by atoms with Crippen molar-refractivity contribution in [3.63, 3.8) is 0 Å². The molecular formula is C18H29N. The Balaban J connectivity index is 2.08. The van der Waals surface area contributed by atoms with Crippen LogP contribution < -0.4 is 0 Å². The lowest BCUT2D eigenvalue weighted by atomic mass is 9.70. The summed E-state index contributed by atoms with van der Waals surface area (Å²) in [6.07, 6.45) is 5.07. The molecule has 106 valence electrons. The lowest BCUT2D eigenvalue weighted by Gasteiger charge is -2.35. The quantitative estimate of drug-likeness (QED) is 0.794. The SMILES string of the molecule is CN(C)CCc1ccc2c(c1)CCC(C(C)(C)C)C2. The Morgan fingerprint density at radius 3 is 2.53 bits per heavy atom. The second kappa shape index (κ2) is 5.66. The molecular weight excluding hydrogens is 230 g/mol. The van der Waals surface area contributed by atoms with Gasteiger partial charge in [-0.2, -0.15) is 0 Å². The van der Waals surface area contributed by atoms with Crippen LogP contribution in [0.4, 0.5) is 0 Å². The minimum atomic E-state index is 0.446. The Morgan fingerprint density at radius 2 is 1.89 bits per heavy atom. The standard InChI is InChI=1S/C18H29N/c1-18(2,3)17-9-8-15-12-14(10-11-19(4)5)6-7-16(15)13-17/h6-7,12,17H,8-11,13H2,1-5H3.